The summed E-state index contributed by atoms with van der Waals surface area (Å²) in [5.41, 5.74) is 3.57. The van der Waals surface area contributed by atoms with E-state index in [1.54, 1.807) is 0 Å². The largest absolute Gasteiger partial charge is 0.329 e. The van der Waals surface area contributed by atoms with E-state index in [9.17, 15) is 9.59 Å². The van der Waals surface area contributed by atoms with Crippen molar-refractivity contribution < 1.29 is 9.59 Å². The first-order valence-electron chi connectivity index (χ1n) is 6.11. The van der Waals surface area contributed by atoms with Crippen molar-refractivity contribution >= 4 is 58.3 Å². The molecule has 0 bridgehead atoms. The summed E-state index contributed by atoms with van der Waals surface area (Å²) >= 11 is 13.1. The van der Waals surface area contributed by atoms with Crippen molar-refractivity contribution in [2.75, 3.05) is 5.32 Å². The number of benzene rings is 1. The summed E-state index contributed by atoms with van der Waals surface area (Å²) in [6, 6.07) is 6.45. The fraction of sp³-hybridized carbons (Fsp3) is 0.0714. The lowest BCUT2D eigenvalue weighted by molar-refractivity contribution is -0.136. The second kappa shape index (κ2) is 7.40. The number of carbonyl (C=O) groups is 2. The van der Waals surface area contributed by atoms with Crippen LogP contribution in [-0.4, -0.2) is 18.0 Å². The first kappa shape index (κ1) is 16.5. The molecule has 0 spiro atoms. The van der Waals surface area contributed by atoms with Gasteiger partial charge in [0.1, 0.15) is 0 Å². The van der Waals surface area contributed by atoms with Crippen LogP contribution < -0.4 is 10.7 Å². The van der Waals surface area contributed by atoms with Gasteiger partial charge in [-0.2, -0.15) is 5.10 Å². The maximum absolute atomic E-state index is 11.7. The summed E-state index contributed by atoms with van der Waals surface area (Å²) in [5, 5.41) is 8.70. The minimum absolute atomic E-state index is 0.283. The van der Waals surface area contributed by atoms with Gasteiger partial charge in [0.2, 0.25) is 0 Å². The number of hydrogen-bond donors (Lipinski definition) is 2. The Labute approximate surface area is 140 Å². The van der Waals surface area contributed by atoms with Crippen molar-refractivity contribution in [3.63, 3.8) is 0 Å². The van der Waals surface area contributed by atoms with Crippen molar-refractivity contribution in [3.05, 3.63) is 50.1 Å². The number of aryl methyl sites for hydroxylation is 1. The SMILES string of the molecule is Cc1ccsc1/C=N\NC(=O)C(=O)Nc1ccc(Cl)c(Cl)c1. The monoisotopic (exact) mass is 355 g/mol. The number of halogens is 2. The molecule has 0 aliphatic carbocycles. The maximum atomic E-state index is 11.7. The topological polar surface area (TPSA) is 70.6 Å². The summed E-state index contributed by atoms with van der Waals surface area (Å²) in [6.07, 6.45) is 1.49. The smallest absolute Gasteiger partial charge is 0.318 e. The van der Waals surface area contributed by atoms with Crippen LogP contribution in [0.15, 0.2) is 34.7 Å². The number of thiophene rings is 1. The molecular weight excluding hydrogens is 345 g/mol. The van der Waals surface area contributed by atoms with E-state index in [2.05, 4.69) is 15.8 Å². The highest BCUT2D eigenvalue weighted by Gasteiger charge is 2.13. The van der Waals surface area contributed by atoms with Crippen LogP contribution in [0.5, 0.6) is 0 Å². The van der Waals surface area contributed by atoms with Gasteiger partial charge in [0.15, 0.2) is 0 Å². The summed E-state index contributed by atoms with van der Waals surface area (Å²) in [6.45, 7) is 1.93. The highest BCUT2D eigenvalue weighted by Crippen LogP contribution is 2.24. The van der Waals surface area contributed by atoms with E-state index < -0.39 is 11.8 Å². The molecule has 2 aromatic rings. The third-order valence-electron chi connectivity index (χ3n) is 2.63. The lowest BCUT2D eigenvalue weighted by Crippen LogP contribution is -2.32. The van der Waals surface area contributed by atoms with Crippen LogP contribution >= 0.6 is 34.5 Å². The average molecular weight is 356 g/mol. The Morgan fingerprint density at radius 3 is 2.59 bits per heavy atom. The number of nitrogens with zero attached hydrogens (tertiary/aromatic N) is 1. The number of nitrogens with one attached hydrogen (secondary N) is 2. The van der Waals surface area contributed by atoms with Gasteiger partial charge in [0.05, 0.1) is 16.3 Å². The third-order valence-corrected chi connectivity index (χ3v) is 4.33. The van der Waals surface area contributed by atoms with E-state index in [4.69, 9.17) is 23.2 Å². The quantitative estimate of drug-likeness (QED) is 0.502. The Balaban J connectivity index is 1.92. The van der Waals surface area contributed by atoms with Crippen molar-refractivity contribution in [2.24, 2.45) is 5.10 Å². The Morgan fingerprint density at radius 2 is 1.95 bits per heavy atom. The van der Waals surface area contributed by atoms with Gasteiger partial charge in [-0.15, -0.1) is 11.3 Å². The minimum Gasteiger partial charge on any atom is -0.318 e. The maximum Gasteiger partial charge on any atom is 0.329 e. The summed E-state index contributed by atoms with van der Waals surface area (Å²) in [5.74, 6) is -1.73. The average Bonchev–Trinajstić information content (AvgIpc) is 2.88. The normalized spacial score (nSPS) is 10.7. The van der Waals surface area contributed by atoms with Crippen molar-refractivity contribution in [1.29, 1.82) is 0 Å². The number of amides is 2. The van der Waals surface area contributed by atoms with Crippen LogP contribution in [0.25, 0.3) is 0 Å². The zero-order valence-electron chi connectivity index (χ0n) is 11.4. The van der Waals surface area contributed by atoms with Crippen LogP contribution in [0.3, 0.4) is 0 Å². The van der Waals surface area contributed by atoms with Gasteiger partial charge in [0.25, 0.3) is 0 Å². The predicted octanol–water partition coefficient (Wildman–Crippen LogP) is 3.45. The molecule has 0 saturated carbocycles. The number of anilines is 1. The molecule has 0 saturated heterocycles. The van der Waals surface area contributed by atoms with Crippen LogP contribution in [0.2, 0.25) is 10.0 Å². The molecule has 1 heterocycles. The summed E-state index contributed by atoms with van der Waals surface area (Å²) in [7, 11) is 0. The van der Waals surface area contributed by atoms with Crippen LogP contribution in [0.4, 0.5) is 5.69 Å². The van der Waals surface area contributed by atoms with Crippen LogP contribution in [0.1, 0.15) is 10.4 Å². The fourth-order valence-corrected chi connectivity index (χ4v) is 2.56. The second-order valence-electron chi connectivity index (χ2n) is 4.25. The number of hydrogen-bond acceptors (Lipinski definition) is 4. The van der Waals surface area contributed by atoms with Gasteiger partial charge < -0.3 is 5.32 Å². The number of hydrazone groups is 1. The van der Waals surface area contributed by atoms with Crippen molar-refractivity contribution in [2.45, 2.75) is 6.92 Å². The van der Waals surface area contributed by atoms with Gasteiger partial charge in [-0.1, -0.05) is 23.2 Å². The Kier molecular flexibility index (Phi) is 5.54. The van der Waals surface area contributed by atoms with E-state index in [-0.39, 0.29) is 5.02 Å². The summed E-state index contributed by atoms with van der Waals surface area (Å²) < 4.78 is 0. The molecule has 0 unspecified atom stereocenters. The molecule has 22 heavy (non-hydrogen) atoms. The van der Waals surface area contributed by atoms with Gasteiger partial charge >= 0.3 is 11.8 Å². The van der Waals surface area contributed by atoms with Crippen LogP contribution in [-0.2, 0) is 9.59 Å². The van der Waals surface area contributed by atoms with Gasteiger partial charge in [-0.05, 0) is 42.1 Å². The first-order valence-corrected chi connectivity index (χ1v) is 7.74. The molecule has 8 heteroatoms. The Morgan fingerprint density at radius 1 is 1.18 bits per heavy atom. The standard InChI is InChI=1S/C14H11Cl2N3O2S/c1-8-4-5-22-12(8)7-17-19-14(21)13(20)18-9-2-3-10(15)11(16)6-9/h2-7H,1H3,(H,18,20)(H,19,21)/b17-7-. The van der Waals surface area contributed by atoms with Crippen LogP contribution in [0, 0.1) is 6.92 Å². The zero-order chi connectivity index (χ0) is 16.1. The highest BCUT2D eigenvalue weighted by atomic mass is 35.5. The molecule has 5 nitrogen and oxygen atoms in total. The van der Waals surface area contributed by atoms with E-state index >= 15 is 0 Å². The fourth-order valence-electron chi connectivity index (χ4n) is 1.48. The van der Waals surface area contributed by atoms with Crippen molar-refractivity contribution in [1.82, 2.24) is 5.43 Å². The van der Waals surface area contributed by atoms with E-state index in [1.807, 2.05) is 18.4 Å². The number of rotatable bonds is 3. The molecule has 2 amide bonds. The molecule has 2 rings (SSSR count). The lowest BCUT2D eigenvalue weighted by atomic mass is 10.3. The molecule has 1 aromatic carbocycles. The molecule has 0 aliphatic heterocycles. The molecule has 0 fully saturated rings. The Bertz CT molecular complexity index is 743. The zero-order valence-corrected chi connectivity index (χ0v) is 13.7. The molecular formula is C14H11Cl2N3O2S. The lowest BCUT2D eigenvalue weighted by Gasteiger charge is -2.05. The summed E-state index contributed by atoms with van der Waals surface area (Å²) in [4.78, 5) is 24.2. The molecule has 0 radical (unpaired) electrons. The minimum atomic E-state index is -0.878. The molecule has 1 aromatic heterocycles. The molecule has 114 valence electrons. The molecule has 2 N–H and O–H groups in total. The van der Waals surface area contributed by atoms with Gasteiger partial charge in [-0.25, -0.2) is 5.43 Å². The molecule has 0 atom stereocenters. The third kappa shape index (κ3) is 4.30. The van der Waals surface area contributed by atoms with E-state index in [1.165, 1.54) is 35.8 Å². The van der Waals surface area contributed by atoms with Gasteiger partial charge in [-0.3, -0.25) is 9.59 Å². The first-order chi connectivity index (χ1) is 10.5. The predicted molar refractivity (Wildman–Crippen MR) is 89.9 cm³/mol. The van der Waals surface area contributed by atoms with E-state index in [0.717, 1.165) is 10.4 Å². The van der Waals surface area contributed by atoms with E-state index in [0.29, 0.717) is 10.7 Å². The number of carbonyl (C=O) groups excluding carboxylic acids is 2. The second-order valence-corrected chi connectivity index (χ2v) is 6.01. The van der Waals surface area contributed by atoms with Crippen molar-refractivity contribution in [3.8, 4) is 0 Å². The highest BCUT2D eigenvalue weighted by molar-refractivity contribution is 7.11. The Hall–Kier alpha value is -1.89. The molecule has 0 aliphatic rings. The van der Waals surface area contributed by atoms with Gasteiger partial charge in [0, 0.05) is 10.6 Å².